The fourth-order valence-electron chi connectivity index (χ4n) is 12.7. The second kappa shape index (κ2) is 22.7. The van der Waals surface area contributed by atoms with Crippen molar-refractivity contribution in [3.05, 3.63) is 340 Å². The van der Waals surface area contributed by atoms with E-state index in [0.29, 0.717) is 53.0 Å². The Morgan fingerprint density at radius 1 is 0.174 bits per heavy atom. The molecular formula is C78H56O4P4. The van der Waals surface area contributed by atoms with E-state index in [9.17, 15) is 0 Å². The third-order valence-electron chi connectivity index (χ3n) is 16.8. The maximum Gasteiger partial charge on any atom is 0.171 e. The molecule has 0 heterocycles. The van der Waals surface area contributed by atoms with Crippen molar-refractivity contribution in [1.29, 1.82) is 0 Å². The van der Waals surface area contributed by atoms with E-state index in [1.165, 1.54) is 0 Å². The SMILES string of the molecule is O=P(c1ccccc1)(c1ccccc1)c1ccc2ccccc2c1-c1c(P(=O)(c2ccccc2)c2ccccc2)ccc2ccc(-c3ccc(P(=O)(c4ccccc4)c4cccc5c(P(=O)(c6ccccc6)c6ccccc6)cccc45)cc3)cc12. The van der Waals surface area contributed by atoms with Crippen molar-refractivity contribution in [3.63, 3.8) is 0 Å². The van der Waals surface area contributed by atoms with Crippen LogP contribution in [0.3, 0.4) is 0 Å². The highest BCUT2D eigenvalue weighted by Gasteiger charge is 2.39. The lowest BCUT2D eigenvalue weighted by molar-refractivity contribution is 0.591. The topological polar surface area (TPSA) is 68.3 Å². The van der Waals surface area contributed by atoms with Crippen LogP contribution in [-0.2, 0) is 18.3 Å². The highest BCUT2D eigenvalue weighted by molar-refractivity contribution is 7.87. The van der Waals surface area contributed by atoms with E-state index in [1.807, 2.05) is 297 Å². The number of hydrogen-bond acceptors (Lipinski definition) is 4. The molecule has 14 aromatic rings. The first-order valence-electron chi connectivity index (χ1n) is 28.7. The minimum atomic E-state index is -3.75. The van der Waals surface area contributed by atoms with E-state index >= 15 is 18.3 Å². The Kier molecular flexibility index (Phi) is 14.4. The Bertz CT molecular complexity index is 4900. The Labute approximate surface area is 501 Å². The first-order chi connectivity index (χ1) is 42.2. The van der Waals surface area contributed by atoms with Crippen LogP contribution in [0.2, 0.25) is 0 Å². The van der Waals surface area contributed by atoms with Crippen LogP contribution < -0.4 is 63.7 Å². The summed E-state index contributed by atoms with van der Waals surface area (Å²) in [7, 11) is -14.6. The highest BCUT2D eigenvalue weighted by atomic mass is 31.2. The van der Waals surface area contributed by atoms with Gasteiger partial charge in [-0.25, -0.2) is 0 Å². The monoisotopic (exact) mass is 1180 g/mol. The molecule has 0 aromatic heterocycles. The van der Waals surface area contributed by atoms with Gasteiger partial charge in [0.05, 0.1) is 0 Å². The summed E-state index contributed by atoms with van der Waals surface area (Å²) in [6, 6.07) is 111. The molecule has 1 unspecified atom stereocenters. The predicted molar refractivity (Wildman–Crippen MR) is 367 cm³/mol. The lowest BCUT2D eigenvalue weighted by Crippen LogP contribution is -2.30. The smallest absolute Gasteiger partial charge is 0.171 e. The first-order valence-corrected chi connectivity index (χ1v) is 35.6. The van der Waals surface area contributed by atoms with Gasteiger partial charge in [-0.15, -0.1) is 0 Å². The van der Waals surface area contributed by atoms with Gasteiger partial charge in [0.1, 0.15) is 0 Å². The van der Waals surface area contributed by atoms with Crippen molar-refractivity contribution in [3.8, 4) is 22.3 Å². The third-order valence-corrected chi connectivity index (χ3v) is 29.2. The number of benzene rings is 14. The molecule has 0 amide bonds. The highest BCUT2D eigenvalue weighted by Crippen LogP contribution is 2.53. The largest absolute Gasteiger partial charge is 0.309 e. The summed E-state index contributed by atoms with van der Waals surface area (Å²) in [6.07, 6.45) is 0. The molecule has 14 rings (SSSR count). The molecule has 0 spiro atoms. The van der Waals surface area contributed by atoms with Gasteiger partial charge in [0.25, 0.3) is 0 Å². The molecule has 8 heteroatoms. The van der Waals surface area contributed by atoms with Crippen LogP contribution >= 0.6 is 28.6 Å². The first kappa shape index (κ1) is 54.7. The minimum absolute atomic E-state index is 0.631. The van der Waals surface area contributed by atoms with Crippen LogP contribution in [-0.4, -0.2) is 0 Å². The molecule has 0 radical (unpaired) electrons. The van der Waals surface area contributed by atoms with Crippen LogP contribution in [0.5, 0.6) is 0 Å². The number of fused-ring (bicyclic) bond motifs is 3. The Balaban J connectivity index is 1.00. The molecule has 0 bridgehead atoms. The molecule has 1 atom stereocenters. The second-order valence-electron chi connectivity index (χ2n) is 21.6. The summed E-state index contributed by atoms with van der Waals surface area (Å²) >= 11 is 0. The van der Waals surface area contributed by atoms with E-state index in [-0.39, 0.29) is 0 Å². The zero-order valence-corrected chi connectivity index (χ0v) is 50.3. The fraction of sp³-hybridized carbons (Fsp3) is 0. The van der Waals surface area contributed by atoms with Gasteiger partial charge in [0.2, 0.25) is 0 Å². The average molecular weight is 1180 g/mol. The second-order valence-corrected chi connectivity index (χ2v) is 32.5. The molecule has 0 aliphatic rings. The number of hydrogen-bond donors (Lipinski definition) is 0. The molecule has 14 aromatic carbocycles. The van der Waals surface area contributed by atoms with Crippen molar-refractivity contribution in [2.45, 2.75) is 0 Å². The molecule has 0 N–H and O–H groups in total. The van der Waals surface area contributed by atoms with Gasteiger partial charge < -0.3 is 18.3 Å². The van der Waals surface area contributed by atoms with Crippen molar-refractivity contribution in [2.75, 3.05) is 0 Å². The van der Waals surface area contributed by atoms with Crippen LogP contribution in [0, 0.1) is 0 Å². The third kappa shape index (κ3) is 9.16. The average Bonchev–Trinajstić information content (AvgIpc) is 1.60. The normalized spacial score (nSPS) is 12.7. The summed E-state index contributed by atoms with van der Waals surface area (Å²) in [4.78, 5) is 0. The van der Waals surface area contributed by atoms with E-state index in [1.54, 1.807) is 0 Å². The van der Waals surface area contributed by atoms with Gasteiger partial charge >= 0.3 is 0 Å². The van der Waals surface area contributed by atoms with Gasteiger partial charge in [-0.3, -0.25) is 0 Å². The van der Waals surface area contributed by atoms with Crippen molar-refractivity contribution >= 4 is 125 Å². The quantitative estimate of drug-likeness (QED) is 0.102. The summed E-state index contributed by atoms with van der Waals surface area (Å²) in [5, 5.41) is 13.3. The fourth-order valence-corrected chi connectivity index (χ4v) is 24.1. The van der Waals surface area contributed by atoms with Gasteiger partial charge in [-0.1, -0.05) is 322 Å². The summed E-state index contributed by atoms with van der Waals surface area (Å²) in [6.45, 7) is 0. The van der Waals surface area contributed by atoms with Crippen LogP contribution in [0.25, 0.3) is 54.6 Å². The molecule has 0 aliphatic heterocycles. The standard InChI is InChI=1S/C78H56O4P4/c79-83(61-27-8-1-9-28-61,62-29-10-2-11-30-62)73-44-24-43-71-70(73)42-25-45-74(71)84(80,63-31-12-3-13-32-63)68-52-48-57(49-53-68)60-47-46-59-51-55-76(86(82,66-37-18-6-19-38-66)67-39-20-7-21-40-67)78(72(59)56-60)77-69-41-23-22-26-58(69)50-54-75(77)85(81,64-33-14-4-15-34-64)65-35-16-5-17-36-65/h1-56H. The van der Waals surface area contributed by atoms with Crippen molar-refractivity contribution < 1.29 is 18.3 Å². The van der Waals surface area contributed by atoms with Crippen LogP contribution in [0.15, 0.2) is 340 Å². The van der Waals surface area contributed by atoms with Gasteiger partial charge in [-0.05, 0) is 61.6 Å². The van der Waals surface area contributed by atoms with Gasteiger partial charge in [0, 0.05) is 74.8 Å². The molecule has 412 valence electrons. The van der Waals surface area contributed by atoms with E-state index in [2.05, 4.69) is 42.5 Å². The van der Waals surface area contributed by atoms with E-state index < -0.39 is 28.6 Å². The molecule has 0 saturated heterocycles. The maximum atomic E-state index is 17.2. The zero-order chi connectivity index (χ0) is 58.3. The lowest BCUT2D eigenvalue weighted by Gasteiger charge is -2.28. The Hall–Kier alpha value is -9.22. The molecule has 86 heavy (non-hydrogen) atoms. The lowest BCUT2D eigenvalue weighted by atomic mass is 9.92. The molecular weight excluding hydrogens is 1120 g/mol. The Morgan fingerprint density at radius 2 is 0.442 bits per heavy atom. The zero-order valence-electron chi connectivity index (χ0n) is 46.8. The minimum Gasteiger partial charge on any atom is -0.309 e. The van der Waals surface area contributed by atoms with Crippen molar-refractivity contribution in [1.82, 2.24) is 0 Å². The predicted octanol–water partition coefficient (Wildman–Crippen LogP) is 15.0. The molecule has 0 aliphatic carbocycles. The summed E-state index contributed by atoms with van der Waals surface area (Å²) < 4.78 is 67.1. The summed E-state index contributed by atoms with van der Waals surface area (Å²) in [5.41, 5.74) is 3.26. The van der Waals surface area contributed by atoms with Gasteiger partial charge in [0.15, 0.2) is 28.6 Å². The van der Waals surface area contributed by atoms with E-state index in [4.69, 9.17) is 0 Å². The molecule has 0 fully saturated rings. The van der Waals surface area contributed by atoms with Gasteiger partial charge in [-0.2, -0.15) is 0 Å². The van der Waals surface area contributed by atoms with E-state index in [0.717, 1.165) is 65.2 Å². The molecule has 0 saturated carbocycles. The summed E-state index contributed by atoms with van der Waals surface area (Å²) in [5.74, 6) is 0. The van der Waals surface area contributed by atoms with Crippen LogP contribution in [0.4, 0.5) is 0 Å². The molecule has 4 nitrogen and oxygen atoms in total. The maximum absolute atomic E-state index is 17.2. The van der Waals surface area contributed by atoms with Crippen LogP contribution in [0.1, 0.15) is 0 Å². The Morgan fingerprint density at radius 3 is 0.814 bits per heavy atom. The van der Waals surface area contributed by atoms with Crippen molar-refractivity contribution in [2.24, 2.45) is 0 Å². The number of rotatable bonds is 14.